The first-order valence-electron chi connectivity index (χ1n) is 10.8. The lowest BCUT2D eigenvalue weighted by Gasteiger charge is -2.25. The summed E-state index contributed by atoms with van der Waals surface area (Å²) in [7, 11) is 1.62. The maximum absolute atomic E-state index is 12.1. The quantitative estimate of drug-likeness (QED) is 0.403. The summed E-state index contributed by atoms with van der Waals surface area (Å²) in [4.78, 5) is 24.0. The zero-order valence-corrected chi connectivity index (χ0v) is 18.7. The summed E-state index contributed by atoms with van der Waals surface area (Å²) in [6.45, 7) is 5.78. The molecule has 3 aromatic rings. The lowest BCUT2D eigenvalue weighted by Crippen LogP contribution is -2.29. The second-order valence-electron chi connectivity index (χ2n) is 7.95. The fourth-order valence-corrected chi connectivity index (χ4v) is 3.79. The highest BCUT2D eigenvalue weighted by molar-refractivity contribution is 5.95. The highest BCUT2D eigenvalue weighted by Crippen LogP contribution is 2.32. The molecule has 1 saturated heterocycles. The molecule has 1 fully saturated rings. The number of aromatic nitrogens is 2. The molecule has 32 heavy (non-hydrogen) atoms. The summed E-state index contributed by atoms with van der Waals surface area (Å²) in [6.07, 6.45) is 2.24. The molecule has 0 bridgehead atoms. The van der Waals surface area contributed by atoms with Crippen molar-refractivity contribution >= 4 is 34.9 Å². The first-order valence-corrected chi connectivity index (χ1v) is 10.8. The van der Waals surface area contributed by atoms with E-state index in [0.717, 1.165) is 48.4 Å². The second kappa shape index (κ2) is 9.23. The minimum atomic E-state index is -0.136. The predicted octanol–water partition coefficient (Wildman–Crippen LogP) is 3.81. The van der Waals surface area contributed by atoms with Crippen LogP contribution < -0.4 is 26.4 Å². The lowest BCUT2D eigenvalue weighted by molar-refractivity contribution is 0.0963. The third-order valence-corrected chi connectivity index (χ3v) is 5.74. The van der Waals surface area contributed by atoms with E-state index in [4.69, 9.17) is 15.8 Å². The number of aryl methyl sites for hydroxylation is 1. The Bertz CT molecular complexity index is 1110. The summed E-state index contributed by atoms with van der Waals surface area (Å²) >= 11 is 0. The third kappa shape index (κ3) is 4.36. The van der Waals surface area contributed by atoms with Gasteiger partial charge in [-0.15, -0.1) is 0 Å². The molecule has 0 unspecified atom stereocenters. The van der Waals surface area contributed by atoms with Crippen molar-refractivity contribution in [2.45, 2.75) is 26.7 Å². The van der Waals surface area contributed by atoms with E-state index < -0.39 is 0 Å². The summed E-state index contributed by atoms with van der Waals surface area (Å²) in [5.41, 5.74) is 4.06. The van der Waals surface area contributed by atoms with Gasteiger partial charge in [-0.25, -0.2) is 5.84 Å². The number of nitrogens with two attached hydrogens (primary N) is 1. The molecule has 1 aliphatic heterocycles. The van der Waals surface area contributed by atoms with Crippen LogP contribution in [0.3, 0.4) is 0 Å². The van der Waals surface area contributed by atoms with E-state index in [1.54, 1.807) is 12.1 Å². The second-order valence-corrected chi connectivity index (χ2v) is 7.95. The van der Waals surface area contributed by atoms with Crippen molar-refractivity contribution < 1.29 is 4.79 Å². The fourth-order valence-electron chi connectivity index (χ4n) is 3.79. The van der Waals surface area contributed by atoms with Crippen molar-refractivity contribution in [1.29, 1.82) is 0 Å². The minimum Gasteiger partial charge on any atom is -0.355 e. The summed E-state index contributed by atoms with van der Waals surface area (Å²) < 4.78 is 0. The topological polar surface area (TPSA) is 99.4 Å². The Morgan fingerprint density at radius 1 is 1.06 bits per heavy atom. The van der Waals surface area contributed by atoms with E-state index >= 15 is 0 Å². The number of hydrogen-bond acceptors (Lipinski definition) is 7. The van der Waals surface area contributed by atoms with Gasteiger partial charge in [0, 0.05) is 37.0 Å². The van der Waals surface area contributed by atoms with Gasteiger partial charge >= 0.3 is 0 Å². The van der Waals surface area contributed by atoms with Crippen molar-refractivity contribution in [2.75, 3.05) is 35.4 Å². The van der Waals surface area contributed by atoms with Crippen molar-refractivity contribution in [3.63, 3.8) is 0 Å². The minimum absolute atomic E-state index is 0.136. The van der Waals surface area contributed by atoms with Crippen LogP contribution in [-0.4, -0.2) is 36.0 Å². The van der Waals surface area contributed by atoms with Crippen LogP contribution in [-0.2, 0) is 0 Å². The number of amides is 1. The van der Waals surface area contributed by atoms with Crippen LogP contribution in [0.4, 0.5) is 29.0 Å². The number of rotatable bonds is 6. The predicted molar refractivity (Wildman–Crippen MR) is 129 cm³/mol. The van der Waals surface area contributed by atoms with E-state index in [0.29, 0.717) is 23.1 Å². The first kappa shape index (κ1) is 21.6. The molecule has 0 saturated carbocycles. The zero-order valence-electron chi connectivity index (χ0n) is 18.7. The average molecular weight is 432 g/mol. The summed E-state index contributed by atoms with van der Waals surface area (Å²) in [5.74, 6) is 8.32. The van der Waals surface area contributed by atoms with Gasteiger partial charge in [0.2, 0.25) is 5.95 Å². The van der Waals surface area contributed by atoms with E-state index in [9.17, 15) is 4.79 Å². The molecule has 4 N–H and O–H groups in total. The Balaban J connectivity index is 1.78. The number of anilines is 5. The van der Waals surface area contributed by atoms with Crippen LogP contribution in [0.15, 0.2) is 48.5 Å². The Labute approximate surface area is 188 Å². The summed E-state index contributed by atoms with van der Waals surface area (Å²) in [5, 5.41) is 7.69. The first-order chi connectivity index (χ1) is 15.5. The zero-order chi connectivity index (χ0) is 22.7. The molecule has 8 nitrogen and oxygen atoms in total. The van der Waals surface area contributed by atoms with Gasteiger partial charge in [0.05, 0.1) is 5.69 Å². The molecule has 0 aliphatic carbocycles. The van der Waals surface area contributed by atoms with Crippen molar-refractivity contribution in [1.82, 2.24) is 15.3 Å². The maximum atomic E-state index is 12.1. The average Bonchev–Trinajstić information content (AvgIpc) is 3.36. The number of carbonyl (C=O) groups is 1. The molecule has 0 spiro atoms. The van der Waals surface area contributed by atoms with Crippen LogP contribution in [0, 0.1) is 13.8 Å². The summed E-state index contributed by atoms with van der Waals surface area (Å²) in [6, 6.07) is 15.3. The molecule has 8 heteroatoms. The smallest absolute Gasteiger partial charge is 0.251 e. The van der Waals surface area contributed by atoms with Gasteiger partial charge in [-0.2, -0.15) is 9.97 Å². The van der Waals surface area contributed by atoms with E-state index in [1.165, 1.54) is 0 Å². The van der Waals surface area contributed by atoms with E-state index in [1.807, 2.05) is 62.4 Å². The Morgan fingerprint density at radius 2 is 1.78 bits per heavy atom. The van der Waals surface area contributed by atoms with Gasteiger partial charge < -0.3 is 15.5 Å². The van der Waals surface area contributed by atoms with Crippen molar-refractivity contribution in [3.05, 3.63) is 65.2 Å². The molecule has 2 aromatic carbocycles. The van der Waals surface area contributed by atoms with E-state index in [2.05, 4.69) is 15.5 Å². The molecular weight excluding hydrogens is 402 g/mol. The van der Waals surface area contributed by atoms with Gasteiger partial charge in [0.1, 0.15) is 5.82 Å². The van der Waals surface area contributed by atoms with Gasteiger partial charge in [-0.1, -0.05) is 24.3 Å². The highest BCUT2D eigenvalue weighted by Gasteiger charge is 2.22. The van der Waals surface area contributed by atoms with Gasteiger partial charge in [-0.3, -0.25) is 9.80 Å². The molecule has 1 amide bonds. The number of hydrazine groups is 1. The number of nitrogens with zero attached hydrogens (tertiary/aromatic N) is 4. The molecule has 0 atom stereocenters. The number of hydrogen-bond donors (Lipinski definition) is 3. The van der Waals surface area contributed by atoms with Crippen molar-refractivity contribution in [2.24, 2.45) is 5.84 Å². The van der Waals surface area contributed by atoms with Gasteiger partial charge in [0.25, 0.3) is 5.91 Å². The third-order valence-electron chi connectivity index (χ3n) is 5.74. The maximum Gasteiger partial charge on any atom is 0.251 e. The standard InChI is InChI=1S/C24H29N7O/c1-16-11-12-18(23(32)26-3)15-20(16)27-21-17(2)22(31(25)19-9-5-4-6-10-19)29-24(28-21)30-13-7-8-14-30/h4-6,9-12,15H,7-8,13-14,25H2,1-3H3,(H,26,32)(H,27,28,29). The van der Waals surface area contributed by atoms with Crippen LogP contribution in [0.5, 0.6) is 0 Å². The molecular formula is C24H29N7O. The van der Waals surface area contributed by atoms with Crippen LogP contribution in [0.2, 0.25) is 0 Å². The fraction of sp³-hybridized carbons (Fsp3) is 0.292. The SMILES string of the molecule is CNC(=O)c1ccc(C)c(Nc2nc(N3CCCC3)nc(N(N)c3ccccc3)c2C)c1. The van der Waals surface area contributed by atoms with Gasteiger partial charge in [-0.05, 0) is 56.5 Å². The Hall–Kier alpha value is -3.65. The monoisotopic (exact) mass is 431 g/mol. The Morgan fingerprint density at radius 3 is 2.47 bits per heavy atom. The number of benzene rings is 2. The van der Waals surface area contributed by atoms with Gasteiger partial charge in [0.15, 0.2) is 5.82 Å². The lowest BCUT2D eigenvalue weighted by atomic mass is 10.1. The van der Waals surface area contributed by atoms with Crippen LogP contribution >= 0.6 is 0 Å². The molecule has 1 aliphatic rings. The number of carbonyl (C=O) groups excluding carboxylic acids is 1. The van der Waals surface area contributed by atoms with E-state index in [-0.39, 0.29) is 5.91 Å². The number of nitrogens with one attached hydrogen (secondary N) is 2. The van der Waals surface area contributed by atoms with Crippen LogP contribution in [0.1, 0.15) is 34.3 Å². The Kier molecular flexibility index (Phi) is 6.23. The molecule has 0 radical (unpaired) electrons. The molecule has 1 aromatic heterocycles. The largest absolute Gasteiger partial charge is 0.355 e. The van der Waals surface area contributed by atoms with Crippen molar-refractivity contribution in [3.8, 4) is 0 Å². The van der Waals surface area contributed by atoms with Crippen LogP contribution in [0.25, 0.3) is 0 Å². The molecule has 4 rings (SSSR count). The number of para-hydroxylation sites is 1. The molecule has 166 valence electrons. The highest BCUT2D eigenvalue weighted by atomic mass is 16.1. The molecule has 2 heterocycles. The normalized spacial score (nSPS) is 13.2.